The van der Waals surface area contributed by atoms with Crippen molar-refractivity contribution in [1.29, 1.82) is 0 Å². The van der Waals surface area contributed by atoms with Crippen molar-refractivity contribution < 1.29 is 27.4 Å². The second kappa shape index (κ2) is 8.37. The lowest BCUT2D eigenvalue weighted by atomic mass is 9.87. The molecule has 0 bridgehead atoms. The van der Waals surface area contributed by atoms with Gasteiger partial charge in [0.25, 0.3) is 0 Å². The van der Waals surface area contributed by atoms with Crippen LogP contribution in [0.3, 0.4) is 0 Å². The Labute approximate surface area is 187 Å². The van der Waals surface area contributed by atoms with E-state index in [9.17, 15) is 8.42 Å². The Bertz CT molecular complexity index is 1290. The number of methoxy groups -OCH3 is 3. The van der Waals surface area contributed by atoms with Crippen LogP contribution < -0.4 is 24.1 Å². The molecule has 3 aromatic carbocycles. The number of fused-ring (bicyclic) bond motifs is 3. The second-order valence-corrected chi connectivity index (χ2v) is 9.30. The quantitative estimate of drug-likeness (QED) is 0.604. The Balaban J connectivity index is 1.94. The highest BCUT2D eigenvalue weighted by molar-refractivity contribution is 7.88. The highest BCUT2D eigenvalue weighted by atomic mass is 32.2. The van der Waals surface area contributed by atoms with Crippen LogP contribution >= 0.6 is 0 Å². The summed E-state index contributed by atoms with van der Waals surface area (Å²) < 4.78 is 46.4. The van der Waals surface area contributed by atoms with Gasteiger partial charge in [0.15, 0.2) is 11.5 Å². The van der Waals surface area contributed by atoms with Gasteiger partial charge < -0.3 is 18.9 Å². The van der Waals surface area contributed by atoms with Gasteiger partial charge in [-0.05, 0) is 47.9 Å². The third-order valence-electron chi connectivity index (χ3n) is 5.42. The Morgan fingerprint density at radius 3 is 2.28 bits per heavy atom. The summed E-state index contributed by atoms with van der Waals surface area (Å²) in [6, 6.07) is 15.0. The largest absolute Gasteiger partial charge is 0.496 e. The molecule has 0 spiro atoms. The lowest BCUT2D eigenvalue weighted by Crippen LogP contribution is -2.18. The molecular formula is C24H25NO6S. The number of hydrogen-bond donors (Lipinski definition) is 1. The van der Waals surface area contributed by atoms with Crippen molar-refractivity contribution in [1.82, 2.24) is 0 Å². The lowest BCUT2D eigenvalue weighted by molar-refractivity contribution is 0.241. The number of nitrogens with two attached hydrogens (primary N) is 1. The highest BCUT2D eigenvalue weighted by Gasteiger charge is 2.31. The summed E-state index contributed by atoms with van der Waals surface area (Å²) in [5.41, 5.74) is 4.96. The summed E-state index contributed by atoms with van der Waals surface area (Å²) in [6.07, 6.45) is -0.496. The maximum Gasteiger partial charge on any atom is 0.213 e. The van der Waals surface area contributed by atoms with Crippen molar-refractivity contribution in [2.45, 2.75) is 18.8 Å². The molecule has 0 amide bonds. The minimum absolute atomic E-state index is 0.267. The fraction of sp³-hybridized carbons (Fsp3) is 0.250. The van der Waals surface area contributed by atoms with E-state index in [1.54, 1.807) is 27.4 Å². The zero-order valence-corrected chi connectivity index (χ0v) is 19.2. The summed E-state index contributed by atoms with van der Waals surface area (Å²) in [4.78, 5) is 0. The first-order chi connectivity index (χ1) is 15.2. The van der Waals surface area contributed by atoms with E-state index in [1.165, 1.54) is 0 Å². The van der Waals surface area contributed by atoms with Gasteiger partial charge in [-0.15, -0.1) is 0 Å². The van der Waals surface area contributed by atoms with Gasteiger partial charge in [0.1, 0.15) is 17.6 Å². The molecule has 0 aliphatic carbocycles. The van der Waals surface area contributed by atoms with Crippen LogP contribution in [0.4, 0.5) is 0 Å². The van der Waals surface area contributed by atoms with Crippen LogP contribution in [0.25, 0.3) is 11.1 Å². The van der Waals surface area contributed by atoms with E-state index < -0.39 is 16.1 Å². The van der Waals surface area contributed by atoms with E-state index in [1.807, 2.05) is 49.4 Å². The summed E-state index contributed by atoms with van der Waals surface area (Å²) in [7, 11) is 1.08. The van der Waals surface area contributed by atoms with Crippen LogP contribution in [0, 0.1) is 6.92 Å². The summed E-state index contributed by atoms with van der Waals surface area (Å²) in [6.45, 7) is 1.97. The molecule has 0 aromatic heterocycles. The smallest absolute Gasteiger partial charge is 0.213 e. The minimum Gasteiger partial charge on any atom is -0.496 e. The van der Waals surface area contributed by atoms with Crippen LogP contribution in [0.5, 0.6) is 23.0 Å². The number of ether oxygens (including phenoxy) is 4. The van der Waals surface area contributed by atoms with Gasteiger partial charge in [0.05, 0.1) is 32.6 Å². The monoisotopic (exact) mass is 455 g/mol. The number of aryl methyl sites for hydroxylation is 1. The number of rotatable bonds is 6. The lowest BCUT2D eigenvalue weighted by Gasteiger charge is -2.31. The molecule has 1 heterocycles. The summed E-state index contributed by atoms with van der Waals surface area (Å²) in [5, 5.41) is 5.29. The maximum absolute atomic E-state index is 11.7. The fourth-order valence-electron chi connectivity index (χ4n) is 4.07. The molecule has 32 heavy (non-hydrogen) atoms. The average molecular weight is 456 g/mol. The number of hydrogen-bond acceptors (Lipinski definition) is 6. The van der Waals surface area contributed by atoms with E-state index in [-0.39, 0.29) is 5.75 Å². The Kier molecular flexibility index (Phi) is 5.75. The molecule has 4 rings (SSSR count). The van der Waals surface area contributed by atoms with E-state index >= 15 is 0 Å². The second-order valence-electron chi connectivity index (χ2n) is 7.68. The van der Waals surface area contributed by atoms with Gasteiger partial charge >= 0.3 is 0 Å². The van der Waals surface area contributed by atoms with Gasteiger partial charge in [0.2, 0.25) is 10.0 Å². The predicted octanol–water partition coefficient (Wildman–Crippen LogP) is 3.96. The van der Waals surface area contributed by atoms with Crippen LogP contribution in [0.15, 0.2) is 48.5 Å². The van der Waals surface area contributed by atoms with Gasteiger partial charge in [-0.25, -0.2) is 13.6 Å². The number of sulfonamides is 1. The van der Waals surface area contributed by atoms with Crippen LogP contribution in [0.1, 0.15) is 28.4 Å². The minimum atomic E-state index is -3.69. The third-order valence-corrected chi connectivity index (χ3v) is 6.16. The molecule has 1 aliphatic heterocycles. The Morgan fingerprint density at radius 1 is 0.906 bits per heavy atom. The zero-order valence-electron chi connectivity index (χ0n) is 18.3. The van der Waals surface area contributed by atoms with Gasteiger partial charge in [-0.2, -0.15) is 0 Å². The molecule has 1 unspecified atom stereocenters. The van der Waals surface area contributed by atoms with Crippen LogP contribution in [0.2, 0.25) is 0 Å². The first-order valence-corrected chi connectivity index (χ1v) is 11.7. The van der Waals surface area contributed by atoms with E-state index in [0.717, 1.165) is 27.8 Å². The van der Waals surface area contributed by atoms with Gasteiger partial charge in [-0.3, -0.25) is 0 Å². The molecule has 0 saturated carbocycles. The fourth-order valence-corrected chi connectivity index (χ4v) is 4.72. The highest BCUT2D eigenvalue weighted by Crippen LogP contribution is 2.50. The molecule has 3 aromatic rings. The van der Waals surface area contributed by atoms with E-state index in [2.05, 4.69) is 0 Å². The molecule has 2 N–H and O–H groups in total. The molecule has 0 saturated heterocycles. The maximum atomic E-state index is 11.7. The first-order valence-electron chi connectivity index (χ1n) is 9.95. The molecule has 1 aliphatic rings. The Hall–Kier alpha value is -3.23. The number of benzene rings is 3. The van der Waals surface area contributed by atoms with Gasteiger partial charge in [0, 0.05) is 11.1 Å². The average Bonchev–Trinajstić information content (AvgIpc) is 2.76. The SMILES string of the molecule is COc1ccc(C2Oc3cc(C)cc(OC)c3-c3ccc(CS(N)(=O)=O)cc32)cc1OC. The Morgan fingerprint density at radius 2 is 1.62 bits per heavy atom. The molecule has 8 heteroatoms. The van der Waals surface area contributed by atoms with Crippen LogP contribution in [-0.4, -0.2) is 29.7 Å². The standard InChI is InChI=1S/C24H25NO6S/c1-14-9-21(30-4)23-17-7-5-15(13-32(25,26)27)11-18(17)24(31-22(23)10-14)16-6-8-19(28-2)20(12-16)29-3/h5-12,24H,13H2,1-4H3,(H2,25,26,27). The van der Waals surface area contributed by atoms with Crippen LogP contribution in [-0.2, 0) is 15.8 Å². The summed E-state index contributed by atoms with van der Waals surface area (Å²) >= 11 is 0. The van der Waals surface area contributed by atoms with Crippen molar-refractivity contribution in [2.24, 2.45) is 5.14 Å². The van der Waals surface area contributed by atoms with Crippen molar-refractivity contribution in [3.63, 3.8) is 0 Å². The normalized spacial score (nSPS) is 14.7. The van der Waals surface area contributed by atoms with Gasteiger partial charge in [-0.1, -0.05) is 24.3 Å². The topological polar surface area (TPSA) is 97.1 Å². The first kappa shape index (κ1) is 22.0. The molecule has 0 radical (unpaired) electrons. The van der Waals surface area contributed by atoms with Crippen molar-refractivity contribution in [3.05, 3.63) is 70.8 Å². The third kappa shape index (κ3) is 4.11. The molecule has 1 atom stereocenters. The molecule has 0 fully saturated rings. The molecule has 7 nitrogen and oxygen atoms in total. The molecular weight excluding hydrogens is 430 g/mol. The van der Waals surface area contributed by atoms with Crippen molar-refractivity contribution in [2.75, 3.05) is 21.3 Å². The van der Waals surface area contributed by atoms with Crippen molar-refractivity contribution in [3.8, 4) is 34.1 Å². The van der Waals surface area contributed by atoms with E-state index in [4.69, 9.17) is 24.1 Å². The predicted molar refractivity (Wildman–Crippen MR) is 122 cm³/mol. The zero-order chi connectivity index (χ0) is 23.0. The van der Waals surface area contributed by atoms with Crippen molar-refractivity contribution >= 4 is 10.0 Å². The number of primary sulfonamides is 1. The molecule has 168 valence electrons. The van der Waals surface area contributed by atoms with E-state index in [0.29, 0.717) is 28.6 Å². The summed E-state index contributed by atoms with van der Waals surface area (Å²) in [5.74, 6) is 2.28.